The Morgan fingerprint density at radius 3 is 2.65 bits per heavy atom. The fraction of sp³-hybridized carbons (Fsp3) is 0.231. The smallest absolute Gasteiger partial charge is 0.263 e. The first-order valence-corrected chi connectivity index (χ1v) is 6.32. The van der Waals surface area contributed by atoms with Crippen LogP contribution in [0.1, 0.15) is 5.69 Å². The van der Waals surface area contributed by atoms with E-state index in [0.717, 1.165) is 0 Å². The van der Waals surface area contributed by atoms with E-state index in [0.29, 0.717) is 28.0 Å². The average Bonchev–Trinajstić information content (AvgIpc) is 2.65. The monoisotopic (exact) mass is 294 g/mol. The lowest BCUT2D eigenvalue weighted by Gasteiger charge is -2.08. The van der Waals surface area contributed by atoms with Gasteiger partial charge in [0, 0.05) is 12.1 Å². The Labute approximate surface area is 121 Å². The molecule has 0 unspecified atom stereocenters. The van der Waals surface area contributed by atoms with Crippen molar-refractivity contribution >= 4 is 29.0 Å². The van der Waals surface area contributed by atoms with Crippen molar-refractivity contribution in [1.29, 1.82) is 0 Å². The Morgan fingerprint density at radius 1 is 1.45 bits per heavy atom. The molecule has 3 N–H and O–H groups in total. The maximum Gasteiger partial charge on any atom is 0.263 e. The molecule has 2 aromatic rings. The lowest BCUT2D eigenvalue weighted by Crippen LogP contribution is -2.22. The minimum Gasteiger partial charge on any atom is -0.484 e. The van der Waals surface area contributed by atoms with E-state index in [1.165, 1.54) is 4.68 Å². The second-order valence-corrected chi connectivity index (χ2v) is 4.70. The van der Waals surface area contributed by atoms with E-state index in [2.05, 4.69) is 10.4 Å². The van der Waals surface area contributed by atoms with E-state index in [-0.39, 0.29) is 12.5 Å². The molecule has 0 radical (unpaired) electrons. The van der Waals surface area contributed by atoms with E-state index < -0.39 is 0 Å². The standard InChI is InChI=1S/C13H15ClN4O2/c1-8-12(15)13(18(2)17-8)16-11(19)7-20-10-5-3-9(14)4-6-10/h3-6H,7,15H2,1-2H3,(H,16,19). The van der Waals surface area contributed by atoms with E-state index in [4.69, 9.17) is 22.1 Å². The predicted molar refractivity (Wildman–Crippen MR) is 77.9 cm³/mol. The number of nitrogens with zero attached hydrogens (tertiary/aromatic N) is 2. The van der Waals surface area contributed by atoms with Crippen LogP contribution in [-0.2, 0) is 11.8 Å². The third-order valence-electron chi connectivity index (χ3n) is 2.71. The number of aryl methyl sites for hydroxylation is 2. The van der Waals surface area contributed by atoms with Gasteiger partial charge in [0.05, 0.1) is 11.4 Å². The quantitative estimate of drug-likeness (QED) is 0.903. The molecule has 6 nitrogen and oxygen atoms in total. The van der Waals surface area contributed by atoms with Gasteiger partial charge in [0.2, 0.25) is 0 Å². The summed E-state index contributed by atoms with van der Waals surface area (Å²) >= 11 is 5.76. The molecule has 0 bridgehead atoms. The minimum atomic E-state index is -0.311. The molecule has 0 saturated carbocycles. The highest BCUT2D eigenvalue weighted by Crippen LogP contribution is 2.21. The molecule has 1 amide bonds. The largest absolute Gasteiger partial charge is 0.484 e. The van der Waals surface area contributed by atoms with Crippen LogP contribution in [0.4, 0.5) is 11.5 Å². The number of ether oxygens (including phenoxy) is 1. The SMILES string of the molecule is Cc1nn(C)c(NC(=O)COc2ccc(Cl)cc2)c1N. The number of anilines is 2. The summed E-state index contributed by atoms with van der Waals surface area (Å²) in [6.45, 7) is 1.65. The van der Waals surface area contributed by atoms with Crippen molar-refractivity contribution in [2.24, 2.45) is 7.05 Å². The van der Waals surface area contributed by atoms with Crippen LogP contribution in [-0.4, -0.2) is 22.3 Å². The lowest BCUT2D eigenvalue weighted by atomic mass is 10.3. The molecule has 20 heavy (non-hydrogen) atoms. The molecule has 106 valence electrons. The molecule has 1 aromatic heterocycles. The fourth-order valence-corrected chi connectivity index (χ4v) is 1.80. The number of carbonyl (C=O) groups is 1. The Kier molecular flexibility index (Phi) is 4.14. The zero-order chi connectivity index (χ0) is 14.7. The maximum absolute atomic E-state index is 11.8. The lowest BCUT2D eigenvalue weighted by molar-refractivity contribution is -0.118. The Hall–Kier alpha value is -2.21. The molecule has 7 heteroatoms. The molecular formula is C13H15ClN4O2. The number of aromatic nitrogens is 2. The normalized spacial score (nSPS) is 10.3. The number of halogens is 1. The summed E-state index contributed by atoms with van der Waals surface area (Å²) in [4.78, 5) is 11.8. The third kappa shape index (κ3) is 3.21. The highest BCUT2D eigenvalue weighted by atomic mass is 35.5. The summed E-state index contributed by atoms with van der Waals surface area (Å²) in [5, 5.41) is 7.39. The Morgan fingerprint density at radius 2 is 2.10 bits per heavy atom. The van der Waals surface area contributed by atoms with E-state index >= 15 is 0 Å². The molecule has 1 aromatic carbocycles. The van der Waals surface area contributed by atoms with Crippen molar-refractivity contribution < 1.29 is 9.53 Å². The number of amides is 1. The molecule has 1 heterocycles. The highest BCUT2D eigenvalue weighted by Gasteiger charge is 2.13. The van der Waals surface area contributed by atoms with E-state index in [1.54, 1.807) is 38.2 Å². The maximum atomic E-state index is 11.8. The van der Waals surface area contributed by atoms with Gasteiger partial charge in [-0.05, 0) is 31.2 Å². The number of nitrogens with two attached hydrogens (primary N) is 1. The highest BCUT2D eigenvalue weighted by molar-refractivity contribution is 6.30. The number of nitrogens with one attached hydrogen (secondary N) is 1. The third-order valence-corrected chi connectivity index (χ3v) is 2.96. The van der Waals surface area contributed by atoms with Crippen molar-refractivity contribution in [3.63, 3.8) is 0 Å². The van der Waals surface area contributed by atoms with Gasteiger partial charge in [-0.3, -0.25) is 9.48 Å². The van der Waals surface area contributed by atoms with Gasteiger partial charge in [0.15, 0.2) is 12.4 Å². The second kappa shape index (κ2) is 5.83. The van der Waals surface area contributed by atoms with E-state index in [1.807, 2.05) is 0 Å². The fourth-order valence-electron chi connectivity index (χ4n) is 1.67. The van der Waals surface area contributed by atoms with Crippen molar-refractivity contribution in [3.05, 3.63) is 35.0 Å². The van der Waals surface area contributed by atoms with Gasteiger partial charge in [0.1, 0.15) is 5.75 Å². The Bertz CT molecular complexity index is 622. The van der Waals surface area contributed by atoms with Crippen molar-refractivity contribution in [2.75, 3.05) is 17.7 Å². The van der Waals surface area contributed by atoms with Crippen molar-refractivity contribution in [1.82, 2.24) is 9.78 Å². The molecule has 0 spiro atoms. The minimum absolute atomic E-state index is 0.120. The number of hydrogen-bond donors (Lipinski definition) is 2. The summed E-state index contributed by atoms with van der Waals surface area (Å²) in [6.07, 6.45) is 0. The average molecular weight is 295 g/mol. The molecular weight excluding hydrogens is 280 g/mol. The summed E-state index contributed by atoms with van der Waals surface area (Å²) in [5.41, 5.74) is 6.94. The van der Waals surface area contributed by atoms with Crippen LogP contribution in [0.25, 0.3) is 0 Å². The van der Waals surface area contributed by atoms with Crippen LogP contribution in [0.3, 0.4) is 0 Å². The molecule has 0 saturated heterocycles. The number of carbonyl (C=O) groups excluding carboxylic acids is 1. The predicted octanol–water partition coefficient (Wildman–Crippen LogP) is 1.98. The number of hydrogen-bond acceptors (Lipinski definition) is 4. The summed E-state index contributed by atoms with van der Waals surface area (Å²) in [7, 11) is 1.71. The van der Waals surface area contributed by atoms with Crippen LogP contribution in [0.15, 0.2) is 24.3 Å². The van der Waals surface area contributed by atoms with Crippen molar-refractivity contribution in [3.8, 4) is 5.75 Å². The number of benzene rings is 1. The number of rotatable bonds is 4. The molecule has 0 aliphatic rings. The molecule has 2 rings (SSSR count). The molecule has 0 atom stereocenters. The first-order chi connectivity index (χ1) is 9.47. The van der Waals surface area contributed by atoms with Gasteiger partial charge < -0.3 is 15.8 Å². The molecule has 0 aliphatic carbocycles. The second-order valence-electron chi connectivity index (χ2n) is 4.26. The molecule has 0 fully saturated rings. The zero-order valence-electron chi connectivity index (χ0n) is 11.2. The Balaban J connectivity index is 1.94. The van der Waals surface area contributed by atoms with Gasteiger partial charge in [0.25, 0.3) is 5.91 Å². The number of nitrogen functional groups attached to an aromatic ring is 1. The van der Waals surface area contributed by atoms with Crippen LogP contribution < -0.4 is 15.8 Å². The van der Waals surface area contributed by atoms with Gasteiger partial charge in [-0.15, -0.1) is 0 Å². The zero-order valence-corrected chi connectivity index (χ0v) is 11.9. The molecule has 0 aliphatic heterocycles. The summed E-state index contributed by atoms with van der Waals surface area (Å²) < 4.78 is 6.86. The first kappa shape index (κ1) is 14.2. The summed E-state index contributed by atoms with van der Waals surface area (Å²) in [6, 6.07) is 6.77. The van der Waals surface area contributed by atoms with Gasteiger partial charge in [-0.2, -0.15) is 5.10 Å². The van der Waals surface area contributed by atoms with Gasteiger partial charge in [-0.1, -0.05) is 11.6 Å². The first-order valence-electron chi connectivity index (χ1n) is 5.94. The van der Waals surface area contributed by atoms with Crippen LogP contribution in [0.5, 0.6) is 5.75 Å². The van der Waals surface area contributed by atoms with Crippen molar-refractivity contribution in [2.45, 2.75) is 6.92 Å². The van der Waals surface area contributed by atoms with E-state index in [9.17, 15) is 4.79 Å². The van der Waals surface area contributed by atoms with Crippen LogP contribution in [0, 0.1) is 6.92 Å². The van der Waals surface area contributed by atoms with Crippen LogP contribution in [0.2, 0.25) is 5.02 Å². The topological polar surface area (TPSA) is 82.2 Å². The van der Waals surface area contributed by atoms with Gasteiger partial charge in [-0.25, -0.2) is 0 Å². The summed E-state index contributed by atoms with van der Waals surface area (Å²) in [5.74, 6) is 0.723. The van der Waals surface area contributed by atoms with Crippen LogP contribution >= 0.6 is 11.6 Å². The van der Waals surface area contributed by atoms with Gasteiger partial charge >= 0.3 is 0 Å².